The van der Waals surface area contributed by atoms with E-state index in [0.29, 0.717) is 19.6 Å². The van der Waals surface area contributed by atoms with Crippen LogP contribution in [0.15, 0.2) is 12.2 Å². The van der Waals surface area contributed by atoms with Crippen LogP contribution in [0.4, 0.5) is 0 Å². The Morgan fingerprint density at radius 2 is 2.35 bits per heavy atom. The molecule has 5 heteroatoms. The van der Waals surface area contributed by atoms with Crippen molar-refractivity contribution in [3.63, 3.8) is 0 Å². The Balaban J connectivity index is 1.99. The van der Waals surface area contributed by atoms with Gasteiger partial charge in [-0.25, -0.2) is 0 Å². The van der Waals surface area contributed by atoms with E-state index >= 15 is 0 Å². The molecule has 4 atom stereocenters. The van der Waals surface area contributed by atoms with Crippen molar-refractivity contribution in [1.29, 1.82) is 0 Å². The number of aliphatic hydroxyl groups excluding tert-OH is 1. The van der Waals surface area contributed by atoms with Gasteiger partial charge in [0.25, 0.3) is 0 Å². The summed E-state index contributed by atoms with van der Waals surface area (Å²) in [6.07, 6.45) is 4.21. The van der Waals surface area contributed by atoms with Gasteiger partial charge >= 0.3 is 0 Å². The molecule has 0 bridgehead atoms. The van der Waals surface area contributed by atoms with Crippen LogP contribution in [-0.2, 0) is 9.53 Å². The summed E-state index contributed by atoms with van der Waals surface area (Å²) >= 11 is 0. The van der Waals surface area contributed by atoms with E-state index in [-0.39, 0.29) is 36.6 Å². The first-order valence-corrected chi connectivity index (χ1v) is 6.08. The molecule has 17 heavy (non-hydrogen) atoms. The highest BCUT2D eigenvalue weighted by atomic mass is 16.5. The largest absolute Gasteiger partial charge is 0.394 e. The second-order valence-electron chi connectivity index (χ2n) is 4.87. The topological polar surface area (TPSA) is 75.8 Å². The van der Waals surface area contributed by atoms with E-state index in [0.717, 1.165) is 0 Å². The Morgan fingerprint density at radius 3 is 2.94 bits per heavy atom. The summed E-state index contributed by atoms with van der Waals surface area (Å²) in [5.41, 5.74) is 5.76. The number of amides is 1. The molecular weight excluding hydrogens is 220 g/mol. The fourth-order valence-electron chi connectivity index (χ4n) is 2.36. The Bertz CT molecular complexity index is 319. The molecule has 0 spiro atoms. The summed E-state index contributed by atoms with van der Waals surface area (Å²) < 4.78 is 5.42. The lowest BCUT2D eigenvalue weighted by atomic mass is 10.0. The van der Waals surface area contributed by atoms with Gasteiger partial charge in [-0.1, -0.05) is 12.2 Å². The van der Waals surface area contributed by atoms with Crippen LogP contribution in [-0.4, -0.2) is 53.9 Å². The minimum atomic E-state index is -0.255. The Kier molecular flexibility index (Phi) is 3.81. The molecule has 0 aromatic rings. The summed E-state index contributed by atoms with van der Waals surface area (Å²) in [4.78, 5) is 14.1. The maximum absolute atomic E-state index is 12.3. The van der Waals surface area contributed by atoms with Crippen LogP contribution in [0, 0.1) is 5.92 Å². The Hall–Kier alpha value is -0.910. The molecule has 1 amide bonds. The van der Waals surface area contributed by atoms with Gasteiger partial charge in [-0.15, -0.1) is 0 Å². The molecule has 2 rings (SSSR count). The van der Waals surface area contributed by atoms with Gasteiger partial charge in [0, 0.05) is 12.6 Å². The monoisotopic (exact) mass is 240 g/mol. The normalized spacial score (nSPS) is 37.5. The summed E-state index contributed by atoms with van der Waals surface area (Å²) in [5, 5.41) is 9.09. The lowest BCUT2D eigenvalue weighted by Crippen LogP contribution is -2.53. The summed E-state index contributed by atoms with van der Waals surface area (Å²) in [6.45, 7) is 2.87. The molecule has 1 aliphatic carbocycles. The summed E-state index contributed by atoms with van der Waals surface area (Å²) in [7, 11) is 0. The van der Waals surface area contributed by atoms with Crippen LogP contribution < -0.4 is 5.73 Å². The smallest absolute Gasteiger partial charge is 0.229 e. The standard InChI is InChI=1S/C12H20N2O3/c1-8-7-17-11(6-15)5-14(8)12(16)9-2-3-10(13)4-9/h2-3,8-11,15H,4-7,13H2,1H3. The molecule has 0 aromatic carbocycles. The van der Waals surface area contributed by atoms with Crippen molar-refractivity contribution in [2.75, 3.05) is 19.8 Å². The van der Waals surface area contributed by atoms with E-state index in [1.807, 2.05) is 19.1 Å². The van der Waals surface area contributed by atoms with Crippen LogP contribution in [0.3, 0.4) is 0 Å². The third kappa shape index (κ3) is 2.68. The van der Waals surface area contributed by atoms with Crippen LogP contribution in [0.25, 0.3) is 0 Å². The maximum atomic E-state index is 12.3. The summed E-state index contributed by atoms with van der Waals surface area (Å²) in [6, 6.07) is 0.0597. The first-order chi connectivity index (χ1) is 8.11. The molecule has 4 unspecified atom stereocenters. The zero-order valence-corrected chi connectivity index (χ0v) is 10.1. The molecule has 0 radical (unpaired) electrons. The van der Waals surface area contributed by atoms with Gasteiger partial charge in [0.2, 0.25) is 5.91 Å². The predicted octanol–water partition coefficient (Wildman–Crippen LogP) is -0.502. The number of ether oxygens (including phenoxy) is 1. The van der Waals surface area contributed by atoms with E-state index in [2.05, 4.69) is 0 Å². The third-order valence-electron chi connectivity index (χ3n) is 3.43. The van der Waals surface area contributed by atoms with Crippen molar-refractivity contribution in [3.8, 4) is 0 Å². The second-order valence-corrected chi connectivity index (χ2v) is 4.87. The number of rotatable bonds is 2. The lowest BCUT2D eigenvalue weighted by Gasteiger charge is -2.38. The van der Waals surface area contributed by atoms with Crippen LogP contribution in [0.5, 0.6) is 0 Å². The minimum absolute atomic E-state index is 0.00562. The molecule has 0 aromatic heterocycles. The first kappa shape index (κ1) is 12.5. The highest BCUT2D eigenvalue weighted by Gasteiger charge is 2.34. The van der Waals surface area contributed by atoms with Crippen molar-refractivity contribution >= 4 is 5.91 Å². The predicted molar refractivity (Wildman–Crippen MR) is 63.2 cm³/mol. The highest BCUT2D eigenvalue weighted by Crippen LogP contribution is 2.22. The zero-order valence-electron chi connectivity index (χ0n) is 10.1. The van der Waals surface area contributed by atoms with Gasteiger partial charge in [0.1, 0.15) is 0 Å². The van der Waals surface area contributed by atoms with Crippen LogP contribution in [0.2, 0.25) is 0 Å². The molecular formula is C12H20N2O3. The van der Waals surface area contributed by atoms with Gasteiger partial charge in [0.05, 0.1) is 31.3 Å². The third-order valence-corrected chi connectivity index (χ3v) is 3.43. The lowest BCUT2D eigenvalue weighted by molar-refractivity contribution is -0.149. The SMILES string of the molecule is CC1COC(CO)CN1C(=O)C1C=CC(N)C1. The van der Waals surface area contributed by atoms with Gasteiger partial charge in [-0.05, 0) is 13.3 Å². The zero-order chi connectivity index (χ0) is 12.4. The van der Waals surface area contributed by atoms with Gasteiger partial charge in [0.15, 0.2) is 0 Å². The quantitative estimate of drug-likeness (QED) is 0.638. The molecule has 5 nitrogen and oxygen atoms in total. The average Bonchev–Trinajstić information content (AvgIpc) is 2.76. The fraction of sp³-hybridized carbons (Fsp3) is 0.750. The number of nitrogens with two attached hydrogens (primary N) is 1. The van der Waals surface area contributed by atoms with Crippen LogP contribution >= 0.6 is 0 Å². The number of aliphatic hydroxyl groups is 1. The van der Waals surface area contributed by atoms with Gasteiger partial charge < -0.3 is 20.5 Å². The van der Waals surface area contributed by atoms with E-state index < -0.39 is 0 Å². The molecule has 0 saturated carbocycles. The van der Waals surface area contributed by atoms with Crippen molar-refractivity contribution in [1.82, 2.24) is 4.90 Å². The molecule has 96 valence electrons. The Morgan fingerprint density at radius 1 is 1.59 bits per heavy atom. The summed E-state index contributed by atoms with van der Waals surface area (Å²) in [5.74, 6) is -0.00616. The van der Waals surface area contributed by atoms with E-state index in [9.17, 15) is 4.79 Å². The van der Waals surface area contributed by atoms with E-state index in [4.69, 9.17) is 15.6 Å². The molecule has 2 aliphatic rings. The maximum Gasteiger partial charge on any atom is 0.229 e. The molecule has 1 saturated heterocycles. The Labute approximate surface area is 101 Å². The van der Waals surface area contributed by atoms with Crippen molar-refractivity contribution in [3.05, 3.63) is 12.2 Å². The fourth-order valence-corrected chi connectivity index (χ4v) is 2.36. The number of carbonyl (C=O) groups is 1. The van der Waals surface area contributed by atoms with E-state index in [1.54, 1.807) is 4.90 Å². The molecule has 3 N–H and O–H groups in total. The average molecular weight is 240 g/mol. The first-order valence-electron chi connectivity index (χ1n) is 6.08. The number of morpholine rings is 1. The molecule has 1 aliphatic heterocycles. The van der Waals surface area contributed by atoms with Crippen molar-refractivity contribution < 1.29 is 14.6 Å². The van der Waals surface area contributed by atoms with Crippen molar-refractivity contribution in [2.24, 2.45) is 11.7 Å². The number of hydrogen-bond acceptors (Lipinski definition) is 4. The molecule has 1 heterocycles. The number of hydrogen-bond donors (Lipinski definition) is 2. The second kappa shape index (κ2) is 5.16. The number of nitrogens with zero attached hydrogens (tertiary/aromatic N) is 1. The number of carbonyl (C=O) groups excluding carboxylic acids is 1. The van der Waals surface area contributed by atoms with Crippen molar-refractivity contribution in [2.45, 2.75) is 31.5 Å². The van der Waals surface area contributed by atoms with Gasteiger partial charge in [-0.3, -0.25) is 4.79 Å². The van der Waals surface area contributed by atoms with E-state index in [1.165, 1.54) is 0 Å². The van der Waals surface area contributed by atoms with Gasteiger partial charge in [-0.2, -0.15) is 0 Å². The molecule has 1 fully saturated rings. The highest BCUT2D eigenvalue weighted by molar-refractivity contribution is 5.81. The van der Waals surface area contributed by atoms with Crippen LogP contribution in [0.1, 0.15) is 13.3 Å². The minimum Gasteiger partial charge on any atom is -0.394 e.